The van der Waals surface area contributed by atoms with Crippen molar-refractivity contribution in [3.8, 4) is 0 Å². The molecule has 0 radical (unpaired) electrons. The molecule has 98 valence electrons. The number of aliphatic hydroxyl groups is 2. The Balaban J connectivity index is 2.44. The lowest BCUT2D eigenvalue weighted by Gasteiger charge is -2.28. The predicted molar refractivity (Wildman–Crippen MR) is 67.4 cm³/mol. The van der Waals surface area contributed by atoms with Crippen LogP contribution in [0.3, 0.4) is 0 Å². The number of H-pyrrole nitrogens is 1. The van der Waals surface area contributed by atoms with Gasteiger partial charge in [0.2, 0.25) is 0 Å². The molecule has 2 aromatic rings. The molecule has 1 aromatic heterocycles. The van der Waals surface area contributed by atoms with E-state index in [2.05, 4.69) is 10.3 Å². The molecule has 0 fully saturated rings. The van der Waals surface area contributed by atoms with E-state index in [1.165, 1.54) is 6.07 Å². The van der Waals surface area contributed by atoms with Crippen LogP contribution >= 0.6 is 0 Å². The van der Waals surface area contributed by atoms with Gasteiger partial charge < -0.3 is 25.7 Å². The molecule has 2 rings (SSSR count). The minimum Gasteiger partial charge on any atom is -0.408 e. The molecule has 0 aliphatic carbocycles. The smallest absolute Gasteiger partial charge is 0.408 e. The molecule has 0 aliphatic heterocycles. The van der Waals surface area contributed by atoms with Crippen molar-refractivity contribution in [2.24, 2.45) is 0 Å². The number of nitrogens with one attached hydrogen (secondary N) is 2. The highest BCUT2D eigenvalue weighted by Crippen LogP contribution is 2.26. The number of rotatable bonds is 4. The number of nitrogen functional groups attached to an aromatic ring is 1. The molecule has 0 aliphatic rings. The summed E-state index contributed by atoms with van der Waals surface area (Å²) in [6, 6.07) is 3.10. The van der Waals surface area contributed by atoms with Gasteiger partial charge in [-0.05, 0) is 13.0 Å². The lowest BCUT2D eigenvalue weighted by atomic mass is 10.0. The molecule has 0 saturated heterocycles. The average Bonchev–Trinajstić information content (AvgIpc) is 2.68. The standard InChI is InChI=1S/C11H15N3O4/c1-11(4-15,5-16)14-7-3-8-9(2-6(7)12)18-10(17)13-8/h2-3,14-16H,4-5,12H2,1H3,(H,13,17). The van der Waals surface area contributed by atoms with Gasteiger partial charge in [-0.2, -0.15) is 0 Å². The van der Waals surface area contributed by atoms with Crippen molar-refractivity contribution in [1.29, 1.82) is 0 Å². The fourth-order valence-corrected chi connectivity index (χ4v) is 1.58. The largest absolute Gasteiger partial charge is 0.417 e. The molecule has 0 saturated carbocycles. The summed E-state index contributed by atoms with van der Waals surface area (Å²) in [5.41, 5.74) is 6.63. The van der Waals surface area contributed by atoms with Crippen molar-refractivity contribution in [2.45, 2.75) is 12.5 Å². The first kappa shape index (κ1) is 12.5. The number of fused-ring (bicyclic) bond motifs is 1. The van der Waals surface area contributed by atoms with Crippen molar-refractivity contribution in [2.75, 3.05) is 24.3 Å². The second kappa shape index (κ2) is 4.35. The maximum Gasteiger partial charge on any atom is 0.417 e. The summed E-state index contributed by atoms with van der Waals surface area (Å²) in [6.45, 7) is 1.13. The van der Waals surface area contributed by atoms with E-state index in [4.69, 9.17) is 10.2 Å². The summed E-state index contributed by atoms with van der Waals surface area (Å²) in [4.78, 5) is 13.6. The number of nitrogens with two attached hydrogens (primary N) is 1. The molecule has 7 heteroatoms. The Kier molecular flexibility index (Phi) is 3.02. The molecule has 7 nitrogen and oxygen atoms in total. The first-order valence-electron chi connectivity index (χ1n) is 5.40. The van der Waals surface area contributed by atoms with Crippen molar-refractivity contribution in [3.63, 3.8) is 0 Å². The van der Waals surface area contributed by atoms with Gasteiger partial charge in [-0.1, -0.05) is 0 Å². The zero-order valence-electron chi connectivity index (χ0n) is 9.86. The van der Waals surface area contributed by atoms with Crippen LogP contribution in [0.15, 0.2) is 21.3 Å². The average molecular weight is 253 g/mol. The Labute approximate surface area is 102 Å². The third kappa shape index (κ3) is 2.18. The van der Waals surface area contributed by atoms with Crippen LogP contribution in [0, 0.1) is 0 Å². The van der Waals surface area contributed by atoms with E-state index in [1.54, 1.807) is 13.0 Å². The molecule has 0 spiro atoms. The minimum absolute atomic E-state index is 0.261. The Morgan fingerprint density at radius 3 is 2.72 bits per heavy atom. The minimum atomic E-state index is -0.897. The van der Waals surface area contributed by atoms with Crippen LogP contribution in [0.25, 0.3) is 11.1 Å². The van der Waals surface area contributed by atoms with Crippen molar-refractivity contribution < 1.29 is 14.6 Å². The van der Waals surface area contributed by atoms with Crippen LogP contribution < -0.4 is 16.8 Å². The summed E-state index contributed by atoms with van der Waals surface area (Å²) in [5.74, 6) is -0.561. The lowest BCUT2D eigenvalue weighted by Crippen LogP contribution is -2.42. The highest BCUT2D eigenvalue weighted by molar-refractivity contribution is 5.85. The molecule has 1 aromatic carbocycles. The van der Waals surface area contributed by atoms with E-state index in [9.17, 15) is 15.0 Å². The molecule has 0 atom stereocenters. The second-order valence-corrected chi connectivity index (χ2v) is 4.45. The van der Waals surface area contributed by atoms with E-state index >= 15 is 0 Å². The summed E-state index contributed by atoms with van der Waals surface area (Å²) in [7, 11) is 0. The number of hydrogen-bond donors (Lipinski definition) is 5. The van der Waals surface area contributed by atoms with Gasteiger partial charge in [0.05, 0.1) is 35.6 Å². The van der Waals surface area contributed by atoms with Gasteiger partial charge in [0.25, 0.3) is 0 Å². The summed E-state index contributed by atoms with van der Waals surface area (Å²) < 4.78 is 4.87. The number of hydrogen-bond acceptors (Lipinski definition) is 6. The fourth-order valence-electron chi connectivity index (χ4n) is 1.58. The van der Waals surface area contributed by atoms with Gasteiger partial charge in [-0.3, -0.25) is 4.98 Å². The lowest BCUT2D eigenvalue weighted by molar-refractivity contribution is 0.147. The van der Waals surface area contributed by atoms with Crippen molar-refractivity contribution >= 4 is 22.5 Å². The Bertz CT molecular complexity index is 612. The fraction of sp³-hybridized carbons (Fsp3) is 0.364. The first-order valence-corrected chi connectivity index (χ1v) is 5.40. The van der Waals surface area contributed by atoms with Gasteiger partial charge in [-0.15, -0.1) is 0 Å². The first-order chi connectivity index (χ1) is 8.47. The van der Waals surface area contributed by atoms with Crippen LogP contribution in [-0.4, -0.2) is 33.9 Å². The normalized spacial score (nSPS) is 11.9. The highest BCUT2D eigenvalue weighted by atomic mass is 16.4. The number of benzene rings is 1. The zero-order chi connectivity index (χ0) is 13.3. The van der Waals surface area contributed by atoms with Crippen LogP contribution in [-0.2, 0) is 0 Å². The number of oxazole rings is 1. The van der Waals surface area contributed by atoms with Gasteiger partial charge in [0.1, 0.15) is 0 Å². The topological polar surface area (TPSA) is 125 Å². The number of aliphatic hydroxyl groups excluding tert-OH is 2. The van der Waals surface area contributed by atoms with Crippen LogP contribution in [0.2, 0.25) is 0 Å². The SMILES string of the molecule is CC(CO)(CO)Nc1cc2[nH]c(=O)oc2cc1N. The molecule has 18 heavy (non-hydrogen) atoms. The van der Waals surface area contributed by atoms with Crippen LogP contribution in [0.4, 0.5) is 11.4 Å². The maximum absolute atomic E-state index is 11.0. The Morgan fingerprint density at radius 2 is 2.11 bits per heavy atom. The van der Waals surface area contributed by atoms with Gasteiger partial charge in [0.15, 0.2) is 5.58 Å². The third-order valence-corrected chi connectivity index (χ3v) is 2.73. The van der Waals surface area contributed by atoms with Crippen molar-refractivity contribution in [3.05, 3.63) is 22.7 Å². The summed E-state index contributed by atoms with van der Waals surface area (Å²) >= 11 is 0. The van der Waals surface area contributed by atoms with E-state index in [0.29, 0.717) is 22.5 Å². The summed E-state index contributed by atoms with van der Waals surface area (Å²) in [5, 5.41) is 21.4. The Hall–Kier alpha value is -1.99. The maximum atomic E-state index is 11.0. The molecule has 6 N–H and O–H groups in total. The van der Waals surface area contributed by atoms with Crippen LogP contribution in [0.1, 0.15) is 6.92 Å². The predicted octanol–water partition coefficient (Wildman–Crippen LogP) is -0.142. The van der Waals surface area contributed by atoms with Gasteiger partial charge in [-0.25, -0.2) is 4.79 Å². The molecule has 0 unspecified atom stereocenters. The van der Waals surface area contributed by atoms with Crippen molar-refractivity contribution in [1.82, 2.24) is 4.98 Å². The Morgan fingerprint density at radius 1 is 1.44 bits per heavy atom. The number of aromatic amines is 1. The molecule has 0 bridgehead atoms. The zero-order valence-corrected chi connectivity index (χ0v) is 9.86. The van der Waals surface area contributed by atoms with Crippen LogP contribution in [0.5, 0.6) is 0 Å². The molecule has 1 heterocycles. The van der Waals surface area contributed by atoms with Gasteiger partial charge in [0, 0.05) is 6.07 Å². The monoisotopic (exact) mass is 253 g/mol. The quantitative estimate of drug-likeness (QED) is 0.483. The molecular formula is C11H15N3O4. The molecular weight excluding hydrogens is 238 g/mol. The second-order valence-electron chi connectivity index (χ2n) is 4.45. The summed E-state index contributed by atoms with van der Waals surface area (Å²) in [6.07, 6.45) is 0. The number of anilines is 2. The number of aromatic nitrogens is 1. The van der Waals surface area contributed by atoms with E-state index in [1.807, 2.05) is 0 Å². The highest BCUT2D eigenvalue weighted by Gasteiger charge is 2.23. The van der Waals surface area contributed by atoms with E-state index in [-0.39, 0.29) is 13.2 Å². The van der Waals surface area contributed by atoms with E-state index in [0.717, 1.165) is 0 Å². The third-order valence-electron chi connectivity index (χ3n) is 2.73. The molecule has 0 amide bonds. The van der Waals surface area contributed by atoms with E-state index < -0.39 is 11.3 Å². The van der Waals surface area contributed by atoms with Gasteiger partial charge >= 0.3 is 5.76 Å².